The number of benzene rings is 1. The van der Waals surface area contributed by atoms with E-state index in [1.165, 1.54) is 31.4 Å². The van der Waals surface area contributed by atoms with Crippen molar-refractivity contribution in [1.82, 2.24) is 0 Å². The highest BCUT2D eigenvalue weighted by Gasteiger charge is 2.08. The Kier molecular flexibility index (Phi) is 10.5. The van der Waals surface area contributed by atoms with E-state index in [1.807, 2.05) is 0 Å². The smallest absolute Gasteiger partial charge is 0.306 e. The Morgan fingerprint density at radius 3 is 2.38 bits per heavy atom. The Labute approximate surface area is 143 Å². The molecule has 5 heteroatoms. The van der Waals surface area contributed by atoms with Gasteiger partial charge in [0.2, 0.25) is 0 Å². The quantitative estimate of drug-likeness (QED) is 0.414. The highest BCUT2D eigenvalue weighted by molar-refractivity contribution is 5.72. The van der Waals surface area contributed by atoms with Crippen LogP contribution >= 0.6 is 0 Å². The van der Waals surface area contributed by atoms with E-state index in [9.17, 15) is 14.0 Å². The molecule has 4 nitrogen and oxygen atoms in total. The van der Waals surface area contributed by atoms with Crippen molar-refractivity contribution >= 4 is 11.9 Å². The molecule has 0 saturated heterocycles. The number of carbonyl (C=O) groups is 2. The highest BCUT2D eigenvalue weighted by Crippen LogP contribution is 2.07. The van der Waals surface area contributed by atoms with Crippen LogP contribution in [-0.2, 0) is 25.7 Å². The normalized spacial score (nSPS) is 10.4. The van der Waals surface area contributed by atoms with E-state index in [2.05, 4.69) is 6.92 Å². The second kappa shape index (κ2) is 12.5. The SMILES string of the molecule is CCCCCCCOC(=O)CCCC(=O)OCc1cccc(F)c1. The van der Waals surface area contributed by atoms with Gasteiger partial charge in [-0.2, -0.15) is 0 Å². The minimum absolute atomic E-state index is 0.0405. The minimum Gasteiger partial charge on any atom is -0.466 e. The van der Waals surface area contributed by atoms with Crippen LogP contribution in [0.1, 0.15) is 63.9 Å². The zero-order valence-corrected chi connectivity index (χ0v) is 14.4. The first-order chi connectivity index (χ1) is 11.6. The average Bonchev–Trinajstić information content (AvgIpc) is 2.56. The largest absolute Gasteiger partial charge is 0.466 e. The van der Waals surface area contributed by atoms with Crippen LogP contribution in [0.3, 0.4) is 0 Å². The third-order valence-corrected chi connectivity index (χ3v) is 3.56. The van der Waals surface area contributed by atoms with Gasteiger partial charge in [-0.15, -0.1) is 0 Å². The molecule has 0 spiro atoms. The zero-order valence-electron chi connectivity index (χ0n) is 14.4. The van der Waals surface area contributed by atoms with E-state index >= 15 is 0 Å². The lowest BCUT2D eigenvalue weighted by molar-refractivity contribution is -0.146. The summed E-state index contributed by atoms with van der Waals surface area (Å²) in [6, 6.07) is 5.91. The molecule has 0 saturated carbocycles. The summed E-state index contributed by atoms with van der Waals surface area (Å²) in [6.45, 7) is 2.65. The summed E-state index contributed by atoms with van der Waals surface area (Å²) < 4.78 is 23.1. The van der Waals surface area contributed by atoms with Gasteiger partial charge in [0, 0.05) is 12.8 Å². The molecular formula is C19H27FO4. The molecule has 0 atom stereocenters. The summed E-state index contributed by atoms with van der Waals surface area (Å²) in [4.78, 5) is 23.1. The Bertz CT molecular complexity index is 502. The van der Waals surface area contributed by atoms with Crippen molar-refractivity contribution in [2.75, 3.05) is 6.61 Å². The summed E-state index contributed by atoms with van der Waals surface area (Å²) in [7, 11) is 0. The molecule has 24 heavy (non-hydrogen) atoms. The third kappa shape index (κ3) is 9.98. The lowest BCUT2D eigenvalue weighted by Crippen LogP contribution is -2.09. The molecule has 0 radical (unpaired) electrons. The first-order valence-electron chi connectivity index (χ1n) is 8.67. The van der Waals surface area contributed by atoms with Gasteiger partial charge in [0.1, 0.15) is 12.4 Å². The van der Waals surface area contributed by atoms with Gasteiger partial charge < -0.3 is 9.47 Å². The third-order valence-electron chi connectivity index (χ3n) is 3.56. The topological polar surface area (TPSA) is 52.6 Å². The lowest BCUT2D eigenvalue weighted by atomic mass is 10.2. The van der Waals surface area contributed by atoms with Gasteiger partial charge in [-0.05, 0) is 30.5 Å². The van der Waals surface area contributed by atoms with Crippen molar-refractivity contribution in [3.8, 4) is 0 Å². The van der Waals surface area contributed by atoms with Crippen molar-refractivity contribution in [3.05, 3.63) is 35.6 Å². The summed E-state index contributed by atoms with van der Waals surface area (Å²) in [5.41, 5.74) is 0.603. The van der Waals surface area contributed by atoms with Gasteiger partial charge in [-0.3, -0.25) is 9.59 Å². The molecule has 0 aliphatic heterocycles. The number of unbranched alkanes of at least 4 members (excludes halogenated alkanes) is 4. The van der Waals surface area contributed by atoms with E-state index in [0.29, 0.717) is 18.6 Å². The van der Waals surface area contributed by atoms with Gasteiger partial charge in [0.25, 0.3) is 0 Å². The lowest BCUT2D eigenvalue weighted by Gasteiger charge is -2.06. The standard InChI is InChI=1S/C19H27FO4/c1-2-3-4-5-6-13-23-18(21)11-8-12-19(22)24-15-16-9-7-10-17(20)14-16/h7,9-10,14H,2-6,8,11-13,15H2,1H3. The summed E-state index contributed by atoms with van der Waals surface area (Å²) in [5.74, 6) is -1.03. The fourth-order valence-corrected chi connectivity index (χ4v) is 2.20. The van der Waals surface area contributed by atoms with E-state index in [4.69, 9.17) is 9.47 Å². The van der Waals surface area contributed by atoms with Crippen molar-refractivity contribution in [3.63, 3.8) is 0 Å². The van der Waals surface area contributed by atoms with Gasteiger partial charge in [-0.25, -0.2) is 4.39 Å². The average molecular weight is 338 g/mol. The number of ether oxygens (including phenoxy) is 2. The predicted octanol–water partition coefficient (Wildman–Crippen LogP) is 4.55. The zero-order chi connectivity index (χ0) is 17.6. The molecule has 134 valence electrons. The molecule has 0 fully saturated rings. The molecule has 1 aromatic rings. The Balaban J connectivity index is 2.03. The maximum Gasteiger partial charge on any atom is 0.306 e. The van der Waals surface area contributed by atoms with Crippen LogP contribution in [0.5, 0.6) is 0 Å². The highest BCUT2D eigenvalue weighted by atomic mass is 19.1. The van der Waals surface area contributed by atoms with Crippen molar-refractivity contribution in [1.29, 1.82) is 0 Å². The van der Waals surface area contributed by atoms with Crippen LogP contribution in [0, 0.1) is 5.82 Å². The molecule has 0 bridgehead atoms. The van der Waals surface area contributed by atoms with Crippen LogP contribution in [0.25, 0.3) is 0 Å². The Morgan fingerprint density at radius 1 is 0.958 bits per heavy atom. The molecule has 0 heterocycles. The minimum atomic E-state index is -0.397. The van der Waals surface area contributed by atoms with Crippen molar-refractivity contribution < 1.29 is 23.5 Å². The molecule has 0 aliphatic rings. The molecule has 0 unspecified atom stereocenters. The second-order valence-corrected chi connectivity index (χ2v) is 5.78. The summed E-state index contributed by atoms with van der Waals surface area (Å²) in [5, 5.41) is 0. The molecule has 0 aliphatic carbocycles. The number of hydrogen-bond acceptors (Lipinski definition) is 4. The van der Waals surface area contributed by atoms with Crippen LogP contribution in [0.4, 0.5) is 4.39 Å². The van der Waals surface area contributed by atoms with Crippen LogP contribution < -0.4 is 0 Å². The first kappa shape index (κ1) is 20.1. The first-order valence-corrected chi connectivity index (χ1v) is 8.67. The summed E-state index contributed by atoms with van der Waals surface area (Å²) >= 11 is 0. The maximum atomic E-state index is 13.0. The second-order valence-electron chi connectivity index (χ2n) is 5.78. The molecule has 0 N–H and O–H groups in total. The molecule has 0 amide bonds. The van der Waals surface area contributed by atoms with Crippen molar-refractivity contribution in [2.45, 2.75) is 64.9 Å². The van der Waals surface area contributed by atoms with Crippen LogP contribution in [-0.4, -0.2) is 18.5 Å². The van der Waals surface area contributed by atoms with Gasteiger partial charge in [0.05, 0.1) is 6.61 Å². The monoisotopic (exact) mass is 338 g/mol. The number of hydrogen-bond donors (Lipinski definition) is 0. The Hall–Kier alpha value is -1.91. The molecule has 1 aromatic carbocycles. The summed E-state index contributed by atoms with van der Waals surface area (Å²) in [6.07, 6.45) is 6.31. The maximum absolute atomic E-state index is 13.0. The fraction of sp³-hybridized carbons (Fsp3) is 0.579. The van der Waals surface area contributed by atoms with Crippen molar-refractivity contribution in [2.24, 2.45) is 0 Å². The van der Waals surface area contributed by atoms with Crippen LogP contribution in [0.2, 0.25) is 0 Å². The number of rotatable bonds is 12. The predicted molar refractivity (Wildman–Crippen MR) is 89.8 cm³/mol. The van der Waals surface area contributed by atoms with Crippen LogP contribution in [0.15, 0.2) is 24.3 Å². The Morgan fingerprint density at radius 2 is 1.67 bits per heavy atom. The van der Waals surface area contributed by atoms with E-state index in [1.54, 1.807) is 12.1 Å². The number of esters is 2. The van der Waals surface area contributed by atoms with Gasteiger partial charge in [0.15, 0.2) is 0 Å². The number of carbonyl (C=O) groups excluding carboxylic acids is 2. The van der Waals surface area contributed by atoms with E-state index < -0.39 is 5.97 Å². The van der Waals surface area contributed by atoms with Gasteiger partial charge in [-0.1, -0.05) is 44.7 Å². The van der Waals surface area contributed by atoms with Gasteiger partial charge >= 0.3 is 11.9 Å². The van der Waals surface area contributed by atoms with E-state index in [0.717, 1.165) is 12.8 Å². The molecular weight excluding hydrogens is 311 g/mol. The molecule has 1 rings (SSSR count). The fourth-order valence-electron chi connectivity index (χ4n) is 2.20. The van der Waals surface area contributed by atoms with E-state index in [-0.39, 0.29) is 31.2 Å². The molecule has 0 aromatic heterocycles. The number of halogens is 1.